The Morgan fingerprint density at radius 2 is 1.05 bits per heavy atom. The molecular weight excluding hydrogens is 1010 g/mol. The number of amides is 2. The highest BCUT2D eigenvalue weighted by Crippen LogP contribution is 2.34. The number of nitrogens with zero attached hydrogens (tertiary/aromatic N) is 4. The van der Waals surface area contributed by atoms with E-state index in [9.17, 15) is 27.2 Å². The van der Waals surface area contributed by atoms with Crippen molar-refractivity contribution in [1.82, 2.24) is 24.9 Å². The SMILES string of the molecule is COc1ccc(C(=O)N(C/C(C)=C/c2ccc(F)cc2F)C[C@@H]2CCCN2C[C@H]2CC[C@@H](N)C2)cc1OC.COc1ccc(C(=O)N(C/C(C)=C/c2ccc(F)cc2F)C[C@@H]2CCCN2C[C@H]2CC[C@@H](NC(C)C)C2)cc1OC. The summed E-state index contributed by atoms with van der Waals surface area (Å²) in [5.41, 5.74) is 9.37. The van der Waals surface area contributed by atoms with Gasteiger partial charge in [-0.3, -0.25) is 19.4 Å². The van der Waals surface area contributed by atoms with Crippen LogP contribution in [0.15, 0.2) is 83.9 Å². The zero-order valence-corrected chi connectivity index (χ0v) is 47.7. The zero-order valence-electron chi connectivity index (χ0n) is 47.7. The number of carbonyl (C=O) groups excluding carboxylic acids is 2. The first-order chi connectivity index (χ1) is 37.9. The Morgan fingerprint density at radius 1 is 0.608 bits per heavy atom. The molecule has 2 aliphatic heterocycles. The molecule has 79 heavy (non-hydrogen) atoms. The average Bonchev–Trinajstić information content (AvgIpc) is 4.27. The number of halogens is 4. The van der Waals surface area contributed by atoms with Gasteiger partial charge < -0.3 is 39.8 Å². The van der Waals surface area contributed by atoms with E-state index in [1.807, 2.05) is 23.6 Å². The van der Waals surface area contributed by atoms with Crippen LogP contribution < -0.4 is 30.0 Å². The summed E-state index contributed by atoms with van der Waals surface area (Å²) in [4.78, 5) is 36.5. The molecule has 6 atom stereocenters. The van der Waals surface area contributed by atoms with Gasteiger partial charge in [0.05, 0.1) is 28.4 Å². The third-order valence-corrected chi connectivity index (χ3v) is 16.0. The lowest BCUT2D eigenvalue weighted by Crippen LogP contribution is -2.45. The Morgan fingerprint density at radius 3 is 1.46 bits per heavy atom. The molecule has 4 aromatic carbocycles. The highest BCUT2D eigenvalue weighted by atomic mass is 19.1. The smallest absolute Gasteiger partial charge is 0.254 e. The number of carbonyl (C=O) groups is 2. The largest absolute Gasteiger partial charge is 0.493 e. The van der Waals surface area contributed by atoms with Crippen LogP contribution in [0.4, 0.5) is 17.6 Å². The fourth-order valence-electron chi connectivity index (χ4n) is 12.2. The van der Waals surface area contributed by atoms with E-state index in [0.717, 1.165) is 94.4 Å². The van der Waals surface area contributed by atoms with Gasteiger partial charge in [0.1, 0.15) is 23.3 Å². The van der Waals surface area contributed by atoms with Gasteiger partial charge >= 0.3 is 0 Å². The highest BCUT2D eigenvalue weighted by Gasteiger charge is 2.35. The Labute approximate surface area is 466 Å². The maximum atomic E-state index is 14.4. The van der Waals surface area contributed by atoms with Gasteiger partial charge in [-0.25, -0.2) is 17.6 Å². The topological polar surface area (TPSA) is 122 Å². The number of hydrogen-bond acceptors (Lipinski definition) is 10. The minimum absolute atomic E-state index is 0.118. The summed E-state index contributed by atoms with van der Waals surface area (Å²) >= 11 is 0. The van der Waals surface area contributed by atoms with Crippen LogP contribution in [0.25, 0.3) is 12.2 Å². The van der Waals surface area contributed by atoms with Gasteiger partial charge in [-0.1, -0.05) is 37.1 Å². The summed E-state index contributed by atoms with van der Waals surface area (Å²) in [5.74, 6) is 0.617. The summed E-state index contributed by atoms with van der Waals surface area (Å²) < 4.78 is 77.1. The van der Waals surface area contributed by atoms with E-state index in [2.05, 4.69) is 29.0 Å². The molecule has 2 heterocycles. The second kappa shape index (κ2) is 29.0. The molecule has 430 valence electrons. The summed E-state index contributed by atoms with van der Waals surface area (Å²) in [6.45, 7) is 14.1. The van der Waals surface area contributed by atoms with Crippen molar-refractivity contribution in [1.29, 1.82) is 0 Å². The molecule has 4 fully saturated rings. The van der Waals surface area contributed by atoms with Crippen LogP contribution in [0, 0.1) is 35.1 Å². The summed E-state index contributed by atoms with van der Waals surface area (Å²) in [6.07, 6.45) is 14.6. The number of rotatable bonds is 22. The maximum absolute atomic E-state index is 14.4. The molecule has 2 saturated heterocycles. The Kier molecular flexibility index (Phi) is 22.3. The number of methoxy groups -OCH3 is 4. The van der Waals surface area contributed by atoms with Gasteiger partial charge in [0, 0.05) is 104 Å². The maximum Gasteiger partial charge on any atom is 0.254 e. The van der Waals surface area contributed by atoms with Crippen molar-refractivity contribution in [2.24, 2.45) is 17.6 Å². The first kappa shape index (κ1) is 60.7. The Bertz CT molecular complexity index is 2740. The lowest BCUT2D eigenvalue weighted by Gasteiger charge is -2.33. The van der Waals surface area contributed by atoms with Crippen LogP contribution >= 0.6 is 0 Å². The number of nitrogens with two attached hydrogens (primary N) is 1. The van der Waals surface area contributed by atoms with Crippen LogP contribution in [0.2, 0.25) is 0 Å². The second-order valence-corrected chi connectivity index (χ2v) is 22.5. The second-order valence-electron chi connectivity index (χ2n) is 22.5. The average molecular weight is 1100 g/mol. The van der Waals surface area contributed by atoms with Gasteiger partial charge in [0.15, 0.2) is 23.0 Å². The van der Waals surface area contributed by atoms with E-state index in [1.165, 1.54) is 43.5 Å². The van der Waals surface area contributed by atoms with Crippen LogP contribution in [-0.4, -0.2) is 142 Å². The molecule has 0 unspecified atom stereocenters. The fourth-order valence-corrected chi connectivity index (χ4v) is 12.2. The van der Waals surface area contributed by atoms with Crippen molar-refractivity contribution in [2.75, 3.05) is 80.8 Å². The number of ether oxygens (including phenoxy) is 4. The monoisotopic (exact) mass is 1100 g/mol. The van der Waals surface area contributed by atoms with Crippen molar-refractivity contribution in [3.05, 3.63) is 129 Å². The molecule has 12 nitrogen and oxygen atoms in total. The molecule has 4 aromatic rings. The molecule has 0 spiro atoms. The first-order valence-corrected chi connectivity index (χ1v) is 28.2. The van der Waals surface area contributed by atoms with Gasteiger partial charge in [0.2, 0.25) is 0 Å². The summed E-state index contributed by atoms with van der Waals surface area (Å²) in [7, 11) is 6.21. The Balaban J connectivity index is 0.000000229. The quantitative estimate of drug-likeness (QED) is 0.0736. The lowest BCUT2D eigenvalue weighted by atomic mass is 10.1. The predicted molar refractivity (Wildman–Crippen MR) is 305 cm³/mol. The van der Waals surface area contributed by atoms with E-state index < -0.39 is 23.3 Å². The van der Waals surface area contributed by atoms with Crippen molar-refractivity contribution in [2.45, 2.75) is 122 Å². The molecular formula is C63H84F4N6O6. The van der Waals surface area contributed by atoms with E-state index >= 15 is 0 Å². The molecule has 0 aromatic heterocycles. The molecule has 3 N–H and O–H groups in total. The molecule has 0 radical (unpaired) electrons. The third kappa shape index (κ3) is 17.0. The molecule has 4 aliphatic rings. The predicted octanol–water partition coefficient (Wildman–Crippen LogP) is 11.3. The van der Waals surface area contributed by atoms with Gasteiger partial charge in [-0.2, -0.15) is 0 Å². The van der Waals surface area contributed by atoms with Crippen molar-refractivity contribution in [3.8, 4) is 23.0 Å². The van der Waals surface area contributed by atoms with Gasteiger partial charge in [-0.05, 0) is 164 Å². The molecule has 0 bridgehead atoms. The molecule has 2 saturated carbocycles. The van der Waals surface area contributed by atoms with Crippen LogP contribution in [0.1, 0.15) is 124 Å². The number of benzene rings is 4. The lowest BCUT2D eigenvalue weighted by molar-refractivity contribution is 0.0708. The number of hydrogen-bond donors (Lipinski definition) is 2. The minimum atomic E-state index is -0.626. The van der Waals surface area contributed by atoms with E-state index in [1.54, 1.807) is 77.0 Å². The van der Waals surface area contributed by atoms with Gasteiger partial charge in [-0.15, -0.1) is 0 Å². The third-order valence-electron chi connectivity index (χ3n) is 16.0. The molecule has 2 amide bonds. The van der Waals surface area contributed by atoms with Crippen LogP contribution in [0.5, 0.6) is 23.0 Å². The molecule has 8 rings (SSSR count). The van der Waals surface area contributed by atoms with Crippen molar-refractivity contribution >= 4 is 24.0 Å². The van der Waals surface area contributed by atoms with Crippen LogP contribution in [0.3, 0.4) is 0 Å². The fraction of sp³-hybridized carbons (Fsp3) is 0.524. The van der Waals surface area contributed by atoms with Crippen LogP contribution in [-0.2, 0) is 0 Å². The van der Waals surface area contributed by atoms with E-state index in [0.29, 0.717) is 101 Å². The minimum Gasteiger partial charge on any atom is -0.493 e. The molecule has 16 heteroatoms. The number of nitrogens with one attached hydrogen (secondary N) is 1. The van der Waals surface area contributed by atoms with Gasteiger partial charge in [0.25, 0.3) is 11.8 Å². The zero-order chi connectivity index (χ0) is 56.8. The highest BCUT2D eigenvalue weighted by molar-refractivity contribution is 5.96. The Hall–Kier alpha value is -5.94. The molecule has 2 aliphatic carbocycles. The first-order valence-electron chi connectivity index (χ1n) is 28.2. The van der Waals surface area contributed by atoms with Crippen molar-refractivity contribution in [3.63, 3.8) is 0 Å². The standard InChI is InChI=1S/C33H45F2N3O3.C30H39F2N3O3/c1-22(2)36-28-12-8-24(16-28)20-37-14-6-7-29(37)21-38(19-23(3)15-25-9-11-27(34)18-30(25)35)33(39)26-10-13-31(40-4)32(17-26)41-5;1-20(13-22-7-9-24(31)16-27(22)32)17-35(30(36)23-8-11-28(37-2)29(15-23)38-3)19-26-5-4-12-34(26)18-21-6-10-25(33)14-21/h9-11,13,15,17-18,22,24,28-29,36H,6-8,12,14,16,19-21H2,1-5H3;7-9,11,13,15-16,21,25-26H,4-6,10,12,14,17-19,33H2,1-3H3/b23-15+;20-13+/t24-,28+,29-;21-,25+,26-/m00/s1. The normalized spacial score (nSPS) is 21.7. The number of likely N-dealkylation sites (tertiary alicyclic amines) is 2. The van der Waals surface area contributed by atoms with E-state index in [4.69, 9.17) is 24.7 Å². The van der Waals surface area contributed by atoms with Crippen molar-refractivity contribution < 1.29 is 46.1 Å². The van der Waals surface area contributed by atoms with E-state index in [-0.39, 0.29) is 23.9 Å². The summed E-state index contributed by atoms with van der Waals surface area (Å²) in [6, 6.07) is 19.3. The summed E-state index contributed by atoms with van der Waals surface area (Å²) in [5, 5.41) is 3.69.